The fourth-order valence-corrected chi connectivity index (χ4v) is 3.38. The number of carbonyl (C=O) groups is 2. The van der Waals surface area contributed by atoms with Gasteiger partial charge < -0.3 is 24.7 Å². The molecule has 29 heavy (non-hydrogen) atoms. The minimum atomic E-state index is -0.787. The van der Waals surface area contributed by atoms with Gasteiger partial charge in [-0.15, -0.1) is 0 Å². The molecule has 1 heterocycles. The molecule has 3 rings (SSSR count). The maximum absolute atomic E-state index is 12.9. The summed E-state index contributed by atoms with van der Waals surface area (Å²) < 4.78 is 5.19. The SMILES string of the molecule is COc1cc([C@@H]2/C(=C(\O)c3ccccc3)C(=O)C(=O)N2CCN(C)C)ccc1O. The molecule has 1 aliphatic rings. The van der Waals surface area contributed by atoms with E-state index in [2.05, 4.69) is 0 Å². The maximum atomic E-state index is 12.9. The van der Waals surface area contributed by atoms with Crippen molar-refractivity contribution in [1.82, 2.24) is 9.80 Å². The van der Waals surface area contributed by atoms with Crippen LogP contribution in [-0.2, 0) is 9.59 Å². The first-order valence-electron chi connectivity index (χ1n) is 9.20. The number of aliphatic hydroxyl groups excluding tert-OH is 1. The fraction of sp³-hybridized carbons (Fsp3) is 0.273. The zero-order valence-corrected chi connectivity index (χ0v) is 16.6. The highest BCUT2D eigenvalue weighted by Crippen LogP contribution is 2.41. The normalized spacial score (nSPS) is 18.5. The summed E-state index contributed by atoms with van der Waals surface area (Å²) >= 11 is 0. The highest BCUT2D eigenvalue weighted by Gasteiger charge is 2.46. The van der Waals surface area contributed by atoms with Crippen molar-refractivity contribution in [3.8, 4) is 11.5 Å². The van der Waals surface area contributed by atoms with Crippen LogP contribution in [0.3, 0.4) is 0 Å². The van der Waals surface area contributed by atoms with Crippen LogP contribution in [0.4, 0.5) is 0 Å². The van der Waals surface area contributed by atoms with E-state index in [4.69, 9.17) is 4.74 Å². The topological polar surface area (TPSA) is 90.3 Å². The van der Waals surface area contributed by atoms with Crippen LogP contribution in [-0.4, -0.2) is 66.0 Å². The lowest BCUT2D eigenvalue weighted by molar-refractivity contribution is -0.140. The molecule has 0 radical (unpaired) electrons. The Balaban J connectivity index is 2.17. The summed E-state index contributed by atoms with van der Waals surface area (Å²) in [4.78, 5) is 29.0. The van der Waals surface area contributed by atoms with Gasteiger partial charge in [-0.25, -0.2) is 0 Å². The molecule has 2 aromatic rings. The highest BCUT2D eigenvalue weighted by molar-refractivity contribution is 6.46. The van der Waals surface area contributed by atoms with E-state index in [0.717, 1.165) is 0 Å². The van der Waals surface area contributed by atoms with Crippen molar-refractivity contribution >= 4 is 17.4 Å². The molecular weight excluding hydrogens is 372 g/mol. The number of aromatic hydroxyl groups is 1. The molecule has 1 amide bonds. The number of phenols is 1. The van der Waals surface area contributed by atoms with Crippen LogP contribution < -0.4 is 4.74 Å². The Hall–Kier alpha value is -3.32. The summed E-state index contributed by atoms with van der Waals surface area (Å²) in [6.45, 7) is 0.848. The van der Waals surface area contributed by atoms with Crippen LogP contribution in [0.5, 0.6) is 11.5 Å². The number of ketones is 1. The lowest BCUT2D eigenvalue weighted by Gasteiger charge is -2.27. The number of benzene rings is 2. The van der Waals surface area contributed by atoms with E-state index in [0.29, 0.717) is 24.2 Å². The molecule has 2 N–H and O–H groups in total. The number of hydrogen-bond donors (Lipinski definition) is 2. The van der Waals surface area contributed by atoms with Crippen molar-refractivity contribution < 1.29 is 24.5 Å². The third-order valence-corrected chi connectivity index (χ3v) is 4.89. The molecular formula is C22H24N2O5. The molecule has 7 nitrogen and oxygen atoms in total. The first-order valence-corrected chi connectivity index (χ1v) is 9.20. The van der Waals surface area contributed by atoms with Crippen LogP contribution in [0.2, 0.25) is 0 Å². The van der Waals surface area contributed by atoms with Crippen LogP contribution in [0.1, 0.15) is 17.2 Å². The van der Waals surface area contributed by atoms with E-state index in [-0.39, 0.29) is 22.8 Å². The summed E-state index contributed by atoms with van der Waals surface area (Å²) in [7, 11) is 5.17. The molecule has 152 valence electrons. The average Bonchev–Trinajstić information content (AvgIpc) is 2.97. The first-order chi connectivity index (χ1) is 13.8. The summed E-state index contributed by atoms with van der Waals surface area (Å²) in [6.07, 6.45) is 0. The van der Waals surface area contributed by atoms with Gasteiger partial charge in [0.05, 0.1) is 18.7 Å². The van der Waals surface area contributed by atoms with Crippen molar-refractivity contribution in [1.29, 1.82) is 0 Å². The van der Waals surface area contributed by atoms with Gasteiger partial charge in [-0.2, -0.15) is 0 Å². The molecule has 0 aliphatic carbocycles. The number of phenolic OH excluding ortho intramolecular Hbond substituents is 1. The largest absolute Gasteiger partial charge is 0.507 e. The Labute approximate surface area is 169 Å². The molecule has 0 saturated carbocycles. The number of hydrogen-bond acceptors (Lipinski definition) is 6. The van der Waals surface area contributed by atoms with Gasteiger partial charge >= 0.3 is 0 Å². The first kappa shape index (κ1) is 20.4. The second-order valence-corrected chi connectivity index (χ2v) is 7.09. The molecule has 7 heteroatoms. The number of carbonyl (C=O) groups excluding carboxylic acids is 2. The van der Waals surface area contributed by atoms with Gasteiger partial charge in [0.2, 0.25) is 0 Å². The Morgan fingerprint density at radius 3 is 2.45 bits per heavy atom. The van der Waals surface area contributed by atoms with Gasteiger partial charge in [-0.05, 0) is 31.8 Å². The number of methoxy groups -OCH3 is 1. The molecule has 1 atom stereocenters. The van der Waals surface area contributed by atoms with E-state index < -0.39 is 17.7 Å². The van der Waals surface area contributed by atoms with Crippen molar-refractivity contribution in [3.63, 3.8) is 0 Å². The van der Waals surface area contributed by atoms with Gasteiger partial charge in [0.15, 0.2) is 11.5 Å². The number of likely N-dealkylation sites (tertiary alicyclic amines) is 1. The van der Waals surface area contributed by atoms with Crippen molar-refractivity contribution in [2.24, 2.45) is 0 Å². The van der Waals surface area contributed by atoms with Crippen molar-refractivity contribution in [3.05, 3.63) is 65.2 Å². The van der Waals surface area contributed by atoms with E-state index in [1.165, 1.54) is 18.1 Å². The zero-order valence-electron chi connectivity index (χ0n) is 16.6. The Morgan fingerprint density at radius 2 is 1.83 bits per heavy atom. The molecule has 1 aliphatic heterocycles. The van der Waals surface area contributed by atoms with Gasteiger partial charge in [-0.3, -0.25) is 9.59 Å². The lowest BCUT2D eigenvalue weighted by atomic mass is 9.95. The summed E-state index contributed by atoms with van der Waals surface area (Å²) in [6, 6.07) is 12.5. The zero-order chi connectivity index (χ0) is 21.1. The van der Waals surface area contributed by atoms with E-state index in [1.54, 1.807) is 42.5 Å². The third kappa shape index (κ3) is 3.95. The molecule has 2 aromatic carbocycles. The number of nitrogens with zero attached hydrogens (tertiary/aromatic N) is 2. The standard InChI is InChI=1S/C22H24N2O5/c1-23(2)11-12-24-19(15-9-10-16(25)17(13-15)29-3)18(21(27)22(24)28)20(26)14-7-5-4-6-8-14/h4-10,13,19,25-26H,11-12H2,1-3H3/b20-18+/t19-/m1/s1. The monoisotopic (exact) mass is 396 g/mol. The number of Topliss-reactive ketones (excluding diaryl/α,β-unsaturated/α-hetero) is 1. The molecule has 0 aromatic heterocycles. The molecule has 0 spiro atoms. The predicted molar refractivity (Wildman–Crippen MR) is 109 cm³/mol. The number of aliphatic hydroxyl groups is 1. The average molecular weight is 396 g/mol. The van der Waals surface area contributed by atoms with Crippen LogP contribution in [0, 0.1) is 0 Å². The lowest BCUT2D eigenvalue weighted by Crippen LogP contribution is -2.35. The minimum absolute atomic E-state index is 0.0210. The molecule has 0 bridgehead atoms. The van der Waals surface area contributed by atoms with Gasteiger partial charge in [-0.1, -0.05) is 36.4 Å². The number of amides is 1. The second kappa shape index (κ2) is 8.36. The van der Waals surface area contributed by atoms with E-state index in [9.17, 15) is 19.8 Å². The Morgan fingerprint density at radius 1 is 1.14 bits per heavy atom. The smallest absolute Gasteiger partial charge is 0.295 e. The summed E-state index contributed by atoms with van der Waals surface area (Å²) in [5.74, 6) is -1.46. The van der Waals surface area contributed by atoms with Crippen molar-refractivity contribution in [2.75, 3.05) is 34.3 Å². The predicted octanol–water partition coefficient (Wildman–Crippen LogP) is 2.38. The molecule has 1 fully saturated rings. The van der Waals surface area contributed by atoms with Crippen LogP contribution in [0.15, 0.2) is 54.1 Å². The van der Waals surface area contributed by atoms with Crippen LogP contribution >= 0.6 is 0 Å². The molecule has 1 saturated heterocycles. The van der Waals surface area contributed by atoms with Crippen molar-refractivity contribution in [2.45, 2.75) is 6.04 Å². The summed E-state index contributed by atoms with van der Waals surface area (Å²) in [5.41, 5.74) is 1.04. The second-order valence-electron chi connectivity index (χ2n) is 7.09. The van der Waals surface area contributed by atoms with Gasteiger partial charge in [0, 0.05) is 18.7 Å². The fourth-order valence-electron chi connectivity index (χ4n) is 3.38. The van der Waals surface area contributed by atoms with E-state index in [1.807, 2.05) is 19.0 Å². The van der Waals surface area contributed by atoms with E-state index >= 15 is 0 Å². The maximum Gasteiger partial charge on any atom is 0.295 e. The number of ether oxygens (including phenoxy) is 1. The Bertz CT molecular complexity index is 953. The quantitative estimate of drug-likeness (QED) is 0.443. The molecule has 0 unspecified atom stereocenters. The van der Waals surface area contributed by atoms with Gasteiger partial charge in [0.25, 0.3) is 11.7 Å². The van der Waals surface area contributed by atoms with Crippen LogP contribution in [0.25, 0.3) is 5.76 Å². The number of likely N-dealkylation sites (N-methyl/N-ethyl adjacent to an activating group) is 1. The number of rotatable bonds is 6. The Kier molecular flexibility index (Phi) is 5.89. The minimum Gasteiger partial charge on any atom is -0.507 e. The van der Waals surface area contributed by atoms with Gasteiger partial charge in [0.1, 0.15) is 5.76 Å². The third-order valence-electron chi connectivity index (χ3n) is 4.89. The highest BCUT2D eigenvalue weighted by atomic mass is 16.5. The summed E-state index contributed by atoms with van der Waals surface area (Å²) in [5, 5.41) is 20.8.